The van der Waals surface area contributed by atoms with E-state index in [1.165, 1.54) is 21.8 Å². The van der Waals surface area contributed by atoms with Gasteiger partial charge in [0.1, 0.15) is 21.5 Å². The van der Waals surface area contributed by atoms with E-state index < -0.39 is 0 Å². The molecule has 102 valence electrons. The second-order valence-electron chi connectivity index (χ2n) is 4.52. The molecule has 0 aliphatic rings. The highest BCUT2D eigenvalue weighted by Gasteiger charge is 2.21. The number of nitrogen functional groups attached to an aromatic ring is 1. The molecule has 0 radical (unpaired) electrons. The van der Waals surface area contributed by atoms with Crippen molar-refractivity contribution in [3.05, 3.63) is 22.1 Å². The number of carbonyl (C=O) groups excluding carboxylic acids is 1. The standard InChI is InChI=1S/C13H18N4OS/c1-8(2)5-6-16-12-9(7-14)10(15)11(19-12)13(18)17(3)4/h5,16H,6,15H2,1-4H3. The van der Waals surface area contributed by atoms with E-state index in [4.69, 9.17) is 11.0 Å². The van der Waals surface area contributed by atoms with Gasteiger partial charge in [-0.1, -0.05) is 11.6 Å². The van der Waals surface area contributed by atoms with Crippen molar-refractivity contribution in [3.63, 3.8) is 0 Å². The molecule has 6 heteroatoms. The molecule has 0 unspecified atom stereocenters. The molecule has 0 saturated carbocycles. The Morgan fingerprint density at radius 1 is 1.53 bits per heavy atom. The summed E-state index contributed by atoms with van der Waals surface area (Å²) < 4.78 is 0. The van der Waals surface area contributed by atoms with Gasteiger partial charge in [0.2, 0.25) is 0 Å². The molecule has 0 aliphatic carbocycles. The number of carbonyl (C=O) groups is 1. The van der Waals surface area contributed by atoms with Crippen molar-refractivity contribution < 1.29 is 4.79 Å². The van der Waals surface area contributed by atoms with Crippen LogP contribution in [-0.4, -0.2) is 31.4 Å². The summed E-state index contributed by atoms with van der Waals surface area (Å²) in [5, 5.41) is 12.9. The smallest absolute Gasteiger partial charge is 0.265 e. The minimum absolute atomic E-state index is 0.186. The Labute approximate surface area is 117 Å². The fourth-order valence-electron chi connectivity index (χ4n) is 1.39. The average molecular weight is 278 g/mol. The van der Waals surface area contributed by atoms with Crippen molar-refractivity contribution >= 4 is 27.9 Å². The van der Waals surface area contributed by atoms with Gasteiger partial charge in [0, 0.05) is 20.6 Å². The van der Waals surface area contributed by atoms with Crippen molar-refractivity contribution in [3.8, 4) is 6.07 Å². The lowest BCUT2D eigenvalue weighted by atomic mass is 10.2. The van der Waals surface area contributed by atoms with Crippen molar-refractivity contribution in [2.24, 2.45) is 0 Å². The van der Waals surface area contributed by atoms with Gasteiger partial charge in [-0.25, -0.2) is 0 Å². The molecule has 0 saturated heterocycles. The number of hydrogen-bond donors (Lipinski definition) is 2. The normalized spacial score (nSPS) is 9.63. The lowest BCUT2D eigenvalue weighted by molar-refractivity contribution is 0.0833. The van der Waals surface area contributed by atoms with Crippen molar-refractivity contribution in [2.45, 2.75) is 13.8 Å². The van der Waals surface area contributed by atoms with Crippen LogP contribution >= 0.6 is 11.3 Å². The van der Waals surface area contributed by atoms with Gasteiger partial charge in [-0.3, -0.25) is 4.79 Å². The van der Waals surface area contributed by atoms with E-state index >= 15 is 0 Å². The van der Waals surface area contributed by atoms with E-state index in [-0.39, 0.29) is 11.6 Å². The van der Waals surface area contributed by atoms with Crippen LogP contribution in [0.25, 0.3) is 0 Å². The van der Waals surface area contributed by atoms with Gasteiger partial charge in [0.05, 0.1) is 5.69 Å². The molecule has 1 aromatic rings. The number of nitrogens with two attached hydrogens (primary N) is 1. The van der Waals surface area contributed by atoms with Crippen molar-refractivity contribution in [1.29, 1.82) is 5.26 Å². The molecule has 1 heterocycles. The van der Waals surface area contributed by atoms with Crippen LogP contribution in [-0.2, 0) is 0 Å². The first kappa shape index (κ1) is 15.1. The lowest BCUT2D eigenvalue weighted by Gasteiger charge is -2.08. The molecule has 0 fully saturated rings. The Hall–Kier alpha value is -2.00. The van der Waals surface area contributed by atoms with Gasteiger partial charge >= 0.3 is 0 Å². The maximum absolute atomic E-state index is 11.9. The first-order valence-electron chi connectivity index (χ1n) is 5.79. The molecule has 5 nitrogen and oxygen atoms in total. The highest BCUT2D eigenvalue weighted by atomic mass is 32.1. The van der Waals surface area contributed by atoms with Gasteiger partial charge in [-0.15, -0.1) is 11.3 Å². The number of rotatable bonds is 4. The zero-order chi connectivity index (χ0) is 14.6. The summed E-state index contributed by atoms with van der Waals surface area (Å²) in [5.41, 5.74) is 7.65. The molecule has 1 rings (SSSR count). The summed E-state index contributed by atoms with van der Waals surface area (Å²) >= 11 is 1.22. The van der Waals surface area contributed by atoms with Crippen molar-refractivity contribution in [1.82, 2.24) is 4.90 Å². The summed E-state index contributed by atoms with van der Waals surface area (Å²) in [6, 6.07) is 2.05. The Morgan fingerprint density at radius 2 is 2.16 bits per heavy atom. The van der Waals surface area contributed by atoms with Crippen LogP contribution in [0.1, 0.15) is 29.1 Å². The third kappa shape index (κ3) is 3.48. The van der Waals surface area contributed by atoms with Crippen LogP contribution < -0.4 is 11.1 Å². The Balaban J connectivity index is 3.07. The number of nitrogens with zero attached hydrogens (tertiary/aromatic N) is 2. The highest BCUT2D eigenvalue weighted by Crippen LogP contribution is 2.35. The maximum Gasteiger partial charge on any atom is 0.265 e. The van der Waals surface area contributed by atoms with E-state index in [2.05, 4.69) is 5.32 Å². The predicted molar refractivity (Wildman–Crippen MR) is 79.4 cm³/mol. The maximum atomic E-state index is 11.9. The number of nitriles is 1. The van der Waals surface area contributed by atoms with Gasteiger partial charge < -0.3 is 16.0 Å². The van der Waals surface area contributed by atoms with E-state index in [1.807, 2.05) is 26.0 Å². The van der Waals surface area contributed by atoms with Gasteiger partial charge in [0.15, 0.2) is 0 Å². The van der Waals surface area contributed by atoms with Gasteiger partial charge in [0.25, 0.3) is 5.91 Å². The van der Waals surface area contributed by atoms with Gasteiger partial charge in [-0.2, -0.15) is 5.26 Å². The predicted octanol–water partition coefficient (Wildman–Crippen LogP) is 2.28. The van der Waals surface area contributed by atoms with Crippen molar-refractivity contribution in [2.75, 3.05) is 31.7 Å². The monoisotopic (exact) mass is 278 g/mol. The average Bonchev–Trinajstić information content (AvgIpc) is 2.64. The summed E-state index contributed by atoms with van der Waals surface area (Å²) in [6.45, 7) is 4.60. The molecule has 0 aliphatic heterocycles. The summed E-state index contributed by atoms with van der Waals surface area (Å²) in [5.74, 6) is -0.186. The summed E-state index contributed by atoms with van der Waals surface area (Å²) in [7, 11) is 3.31. The van der Waals surface area contributed by atoms with E-state index in [0.29, 0.717) is 22.0 Å². The molecule has 0 atom stereocenters. The fraction of sp³-hybridized carbons (Fsp3) is 0.385. The molecular formula is C13H18N4OS. The van der Waals surface area contributed by atoms with E-state index in [9.17, 15) is 4.79 Å². The molecular weight excluding hydrogens is 260 g/mol. The third-order valence-electron chi connectivity index (χ3n) is 2.43. The molecule has 0 aromatic carbocycles. The molecule has 3 N–H and O–H groups in total. The second-order valence-corrected chi connectivity index (χ2v) is 5.54. The minimum atomic E-state index is -0.186. The number of thiophene rings is 1. The quantitative estimate of drug-likeness (QED) is 0.828. The van der Waals surface area contributed by atoms with Gasteiger partial charge in [-0.05, 0) is 13.8 Å². The number of anilines is 2. The number of allylic oxidation sites excluding steroid dienone is 1. The van der Waals surface area contributed by atoms with Crippen LogP contribution in [0, 0.1) is 11.3 Å². The minimum Gasteiger partial charge on any atom is -0.396 e. The zero-order valence-electron chi connectivity index (χ0n) is 11.6. The number of amides is 1. The van der Waals surface area contributed by atoms with Crippen LogP contribution in [0.4, 0.5) is 10.7 Å². The third-order valence-corrected chi connectivity index (χ3v) is 3.58. The molecule has 19 heavy (non-hydrogen) atoms. The lowest BCUT2D eigenvalue weighted by Crippen LogP contribution is -2.21. The Bertz CT molecular complexity index is 548. The van der Waals surface area contributed by atoms with Crippen LogP contribution in [0.2, 0.25) is 0 Å². The van der Waals surface area contributed by atoms with E-state index in [0.717, 1.165) is 0 Å². The zero-order valence-corrected chi connectivity index (χ0v) is 12.4. The molecule has 1 aromatic heterocycles. The SMILES string of the molecule is CC(C)=CCNc1sc(C(=O)N(C)C)c(N)c1C#N. The first-order valence-corrected chi connectivity index (χ1v) is 6.61. The summed E-state index contributed by atoms with van der Waals surface area (Å²) in [4.78, 5) is 13.8. The topological polar surface area (TPSA) is 82.2 Å². The molecule has 0 spiro atoms. The largest absolute Gasteiger partial charge is 0.396 e. The van der Waals surface area contributed by atoms with Crippen LogP contribution in [0.15, 0.2) is 11.6 Å². The first-order chi connectivity index (χ1) is 8.88. The summed E-state index contributed by atoms with van der Waals surface area (Å²) in [6.07, 6.45) is 2.00. The van der Waals surface area contributed by atoms with Crippen LogP contribution in [0.5, 0.6) is 0 Å². The molecule has 0 bridgehead atoms. The Morgan fingerprint density at radius 3 is 2.63 bits per heavy atom. The second kappa shape index (κ2) is 6.25. The Kier molecular flexibility index (Phi) is 4.95. The van der Waals surface area contributed by atoms with Crippen LogP contribution in [0.3, 0.4) is 0 Å². The molecule has 1 amide bonds. The number of nitrogens with one attached hydrogen (secondary N) is 1. The number of hydrogen-bond acceptors (Lipinski definition) is 5. The highest BCUT2D eigenvalue weighted by molar-refractivity contribution is 7.18. The van der Waals surface area contributed by atoms with E-state index in [1.54, 1.807) is 14.1 Å². The fourth-order valence-corrected chi connectivity index (χ4v) is 2.49.